The van der Waals surface area contributed by atoms with Crippen LogP contribution in [-0.2, 0) is 4.74 Å². The standard InChI is InChI=1S/C20H32N4O2/c1-21-20(24-10-8-17(14-24)15-25-2)22-12-16-7-9-23(13-16)18-5-4-6-19(11-18)26-3/h4-6,11,16-17H,7-10,12-15H2,1-3H3,(H,21,22). The summed E-state index contributed by atoms with van der Waals surface area (Å²) in [6.45, 7) is 6.08. The number of anilines is 1. The molecule has 2 fully saturated rings. The number of rotatable bonds is 6. The van der Waals surface area contributed by atoms with Crippen LogP contribution >= 0.6 is 0 Å². The maximum Gasteiger partial charge on any atom is 0.193 e. The summed E-state index contributed by atoms with van der Waals surface area (Å²) in [6.07, 6.45) is 2.38. The Morgan fingerprint density at radius 1 is 1.19 bits per heavy atom. The molecule has 0 saturated carbocycles. The third-order valence-electron chi connectivity index (χ3n) is 5.45. The van der Waals surface area contributed by atoms with Gasteiger partial charge in [-0.15, -0.1) is 0 Å². The van der Waals surface area contributed by atoms with Crippen LogP contribution in [0.4, 0.5) is 5.69 Å². The molecule has 26 heavy (non-hydrogen) atoms. The zero-order chi connectivity index (χ0) is 18.4. The van der Waals surface area contributed by atoms with Crippen molar-refractivity contribution < 1.29 is 9.47 Å². The molecule has 6 heteroatoms. The highest BCUT2D eigenvalue weighted by Crippen LogP contribution is 2.26. The van der Waals surface area contributed by atoms with Crippen LogP contribution in [0, 0.1) is 11.8 Å². The predicted octanol–water partition coefficient (Wildman–Crippen LogP) is 2.07. The highest BCUT2D eigenvalue weighted by atomic mass is 16.5. The second kappa shape index (κ2) is 9.12. The van der Waals surface area contributed by atoms with E-state index in [1.54, 1.807) is 14.2 Å². The average Bonchev–Trinajstić information content (AvgIpc) is 3.33. The number of guanidine groups is 1. The Morgan fingerprint density at radius 2 is 2.04 bits per heavy atom. The molecule has 2 unspecified atom stereocenters. The summed E-state index contributed by atoms with van der Waals surface area (Å²) in [5, 5.41) is 3.59. The molecular weight excluding hydrogens is 328 g/mol. The molecule has 0 spiro atoms. The molecule has 1 aromatic rings. The van der Waals surface area contributed by atoms with Gasteiger partial charge in [-0.25, -0.2) is 0 Å². The van der Waals surface area contributed by atoms with Crippen molar-refractivity contribution in [2.45, 2.75) is 12.8 Å². The van der Waals surface area contributed by atoms with Crippen molar-refractivity contribution in [2.24, 2.45) is 16.8 Å². The Labute approximate surface area is 157 Å². The second-order valence-electron chi connectivity index (χ2n) is 7.29. The summed E-state index contributed by atoms with van der Waals surface area (Å²) >= 11 is 0. The third kappa shape index (κ3) is 4.61. The summed E-state index contributed by atoms with van der Waals surface area (Å²) in [7, 11) is 5.38. The van der Waals surface area contributed by atoms with E-state index in [-0.39, 0.29) is 0 Å². The number of benzene rings is 1. The smallest absolute Gasteiger partial charge is 0.193 e. The molecule has 0 aromatic heterocycles. The minimum absolute atomic E-state index is 0.619. The lowest BCUT2D eigenvalue weighted by Crippen LogP contribution is -2.42. The quantitative estimate of drug-likeness (QED) is 0.622. The summed E-state index contributed by atoms with van der Waals surface area (Å²) in [4.78, 5) is 9.29. The van der Waals surface area contributed by atoms with E-state index in [9.17, 15) is 0 Å². The lowest BCUT2D eigenvalue weighted by molar-refractivity contribution is 0.157. The number of methoxy groups -OCH3 is 2. The van der Waals surface area contributed by atoms with Gasteiger partial charge in [-0.2, -0.15) is 0 Å². The number of hydrogen-bond acceptors (Lipinski definition) is 4. The predicted molar refractivity (Wildman–Crippen MR) is 106 cm³/mol. The van der Waals surface area contributed by atoms with E-state index >= 15 is 0 Å². The molecule has 0 aliphatic carbocycles. The lowest BCUT2D eigenvalue weighted by atomic mass is 10.1. The molecule has 1 aromatic carbocycles. The molecule has 2 saturated heterocycles. The number of likely N-dealkylation sites (tertiary alicyclic amines) is 1. The largest absolute Gasteiger partial charge is 0.497 e. The van der Waals surface area contributed by atoms with Gasteiger partial charge in [0.15, 0.2) is 5.96 Å². The van der Waals surface area contributed by atoms with Crippen molar-refractivity contribution >= 4 is 11.6 Å². The van der Waals surface area contributed by atoms with Crippen LogP contribution in [0.1, 0.15) is 12.8 Å². The van der Waals surface area contributed by atoms with Crippen LogP contribution in [0.3, 0.4) is 0 Å². The molecule has 0 bridgehead atoms. The van der Waals surface area contributed by atoms with Crippen molar-refractivity contribution in [3.8, 4) is 5.75 Å². The van der Waals surface area contributed by atoms with Gasteiger partial charge < -0.3 is 24.6 Å². The van der Waals surface area contributed by atoms with Crippen molar-refractivity contribution in [2.75, 3.05) is 65.5 Å². The maximum absolute atomic E-state index is 5.35. The van der Waals surface area contributed by atoms with Crippen molar-refractivity contribution in [1.29, 1.82) is 0 Å². The van der Waals surface area contributed by atoms with Gasteiger partial charge in [0.05, 0.1) is 13.7 Å². The monoisotopic (exact) mass is 360 g/mol. The molecule has 2 atom stereocenters. The van der Waals surface area contributed by atoms with Crippen LogP contribution in [0.25, 0.3) is 0 Å². The van der Waals surface area contributed by atoms with E-state index in [2.05, 4.69) is 38.3 Å². The van der Waals surface area contributed by atoms with Crippen LogP contribution in [0.5, 0.6) is 5.75 Å². The van der Waals surface area contributed by atoms with Gasteiger partial charge in [0.1, 0.15) is 5.75 Å². The fraction of sp³-hybridized carbons (Fsp3) is 0.650. The Bertz CT molecular complexity index is 607. The zero-order valence-corrected chi connectivity index (χ0v) is 16.3. The van der Waals surface area contributed by atoms with E-state index in [1.807, 2.05) is 13.1 Å². The van der Waals surface area contributed by atoms with Crippen LogP contribution in [0.2, 0.25) is 0 Å². The van der Waals surface area contributed by atoms with E-state index < -0.39 is 0 Å². The van der Waals surface area contributed by atoms with E-state index in [1.165, 1.54) is 18.5 Å². The molecule has 0 amide bonds. The Morgan fingerprint density at radius 3 is 2.81 bits per heavy atom. The SMILES string of the molecule is CN=C(NCC1CCN(c2cccc(OC)c2)C1)N1CCC(COC)C1. The number of nitrogens with one attached hydrogen (secondary N) is 1. The fourth-order valence-electron chi connectivity index (χ4n) is 4.01. The summed E-state index contributed by atoms with van der Waals surface area (Å²) < 4.78 is 10.6. The van der Waals surface area contributed by atoms with E-state index in [4.69, 9.17) is 9.47 Å². The molecule has 0 radical (unpaired) electrons. The molecule has 2 aliphatic heterocycles. The van der Waals surface area contributed by atoms with E-state index in [0.29, 0.717) is 11.8 Å². The lowest BCUT2D eigenvalue weighted by Gasteiger charge is -2.23. The number of hydrogen-bond donors (Lipinski definition) is 1. The zero-order valence-electron chi connectivity index (χ0n) is 16.3. The average molecular weight is 361 g/mol. The summed E-state index contributed by atoms with van der Waals surface area (Å²) in [5.74, 6) is 3.21. The topological polar surface area (TPSA) is 49.3 Å². The Kier molecular flexibility index (Phi) is 6.61. The minimum Gasteiger partial charge on any atom is -0.497 e. The van der Waals surface area contributed by atoms with Gasteiger partial charge >= 0.3 is 0 Å². The van der Waals surface area contributed by atoms with Crippen molar-refractivity contribution in [3.05, 3.63) is 24.3 Å². The van der Waals surface area contributed by atoms with E-state index in [0.717, 1.165) is 51.0 Å². The van der Waals surface area contributed by atoms with Gasteiger partial charge in [-0.1, -0.05) is 6.07 Å². The molecule has 1 N–H and O–H groups in total. The fourth-order valence-corrected chi connectivity index (χ4v) is 4.01. The number of aliphatic imine (C=N–C) groups is 1. The van der Waals surface area contributed by atoms with Crippen LogP contribution in [0.15, 0.2) is 29.3 Å². The van der Waals surface area contributed by atoms with Gasteiger partial charge in [0.25, 0.3) is 0 Å². The first-order valence-corrected chi connectivity index (χ1v) is 9.57. The molecule has 6 nitrogen and oxygen atoms in total. The Balaban J connectivity index is 1.48. The molecular formula is C20H32N4O2. The first-order valence-electron chi connectivity index (χ1n) is 9.57. The first kappa shape index (κ1) is 18.8. The normalized spacial score (nSPS) is 23.6. The number of ether oxygens (including phenoxy) is 2. The molecule has 2 heterocycles. The van der Waals surface area contributed by atoms with Gasteiger partial charge in [0.2, 0.25) is 0 Å². The third-order valence-corrected chi connectivity index (χ3v) is 5.45. The summed E-state index contributed by atoms with van der Waals surface area (Å²) in [6, 6.07) is 8.34. The number of nitrogens with zero attached hydrogens (tertiary/aromatic N) is 3. The summed E-state index contributed by atoms with van der Waals surface area (Å²) in [5.41, 5.74) is 1.25. The molecule has 2 aliphatic rings. The van der Waals surface area contributed by atoms with Crippen molar-refractivity contribution in [3.63, 3.8) is 0 Å². The second-order valence-corrected chi connectivity index (χ2v) is 7.29. The Hall–Kier alpha value is -1.95. The van der Waals surface area contributed by atoms with Crippen LogP contribution in [-0.4, -0.2) is 71.5 Å². The van der Waals surface area contributed by atoms with Crippen molar-refractivity contribution in [1.82, 2.24) is 10.2 Å². The van der Waals surface area contributed by atoms with Crippen LogP contribution < -0.4 is 15.0 Å². The van der Waals surface area contributed by atoms with Gasteiger partial charge in [0, 0.05) is 64.6 Å². The molecule has 144 valence electrons. The van der Waals surface area contributed by atoms with Gasteiger partial charge in [-0.05, 0) is 30.9 Å². The highest BCUT2D eigenvalue weighted by Gasteiger charge is 2.27. The first-order chi connectivity index (χ1) is 12.7. The van der Waals surface area contributed by atoms with Gasteiger partial charge in [-0.3, -0.25) is 4.99 Å². The molecule has 3 rings (SSSR count). The maximum atomic E-state index is 5.35. The highest BCUT2D eigenvalue weighted by molar-refractivity contribution is 5.80. The minimum atomic E-state index is 0.619.